The molecule has 0 saturated heterocycles. The van der Waals surface area contributed by atoms with Gasteiger partial charge in [-0.1, -0.05) is 129 Å². The zero-order valence-corrected chi connectivity index (χ0v) is 30.6. The van der Waals surface area contributed by atoms with Gasteiger partial charge < -0.3 is 14.9 Å². The topological polar surface area (TPSA) is 97.5 Å². The SMILES string of the molecule is CC(C)(C)c1cc(-n2nc3ccc(Cl)cc3n2)c(O)c(C(C)(C)C)c1.CCCCCCCCOc1ccc(C(=O)c2ccccc2)c(O)c1. The van der Waals surface area contributed by atoms with Crippen LogP contribution in [-0.4, -0.2) is 37.6 Å². The number of phenolic OH excluding ortho intramolecular Hbond substituents is 2. The van der Waals surface area contributed by atoms with E-state index >= 15 is 0 Å². The fraction of sp³-hybridized carbons (Fsp3) is 0.390. The number of ether oxygens (including phenoxy) is 1. The minimum atomic E-state index is -0.198. The van der Waals surface area contributed by atoms with E-state index in [-0.39, 0.29) is 28.1 Å². The molecule has 7 nitrogen and oxygen atoms in total. The largest absolute Gasteiger partial charge is 0.507 e. The molecule has 260 valence electrons. The van der Waals surface area contributed by atoms with Crippen LogP contribution in [0, 0.1) is 0 Å². The van der Waals surface area contributed by atoms with Gasteiger partial charge in [0.1, 0.15) is 34.0 Å². The summed E-state index contributed by atoms with van der Waals surface area (Å²) in [5.74, 6) is 0.595. The quantitative estimate of drug-likeness (QED) is 0.106. The van der Waals surface area contributed by atoms with Crippen LogP contribution >= 0.6 is 11.6 Å². The minimum absolute atomic E-state index is 0.0377. The van der Waals surface area contributed by atoms with E-state index in [9.17, 15) is 15.0 Å². The highest BCUT2D eigenvalue weighted by atomic mass is 35.5. The average molecular weight is 684 g/mol. The van der Waals surface area contributed by atoms with Gasteiger partial charge in [-0.05, 0) is 59.2 Å². The molecule has 0 fully saturated rings. The number of nitrogens with zero attached hydrogens (tertiary/aromatic N) is 3. The number of aromatic nitrogens is 3. The van der Waals surface area contributed by atoms with E-state index in [4.69, 9.17) is 16.3 Å². The van der Waals surface area contributed by atoms with Crippen molar-refractivity contribution < 1.29 is 19.7 Å². The van der Waals surface area contributed by atoms with Gasteiger partial charge in [-0.25, -0.2) is 0 Å². The molecule has 0 bridgehead atoms. The summed E-state index contributed by atoms with van der Waals surface area (Å²) in [5, 5.41) is 30.7. The molecule has 8 heteroatoms. The van der Waals surface area contributed by atoms with Crippen LogP contribution < -0.4 is 4.74 Å². The summed E-state index contributed by atoms with van der Waals surface area (Å²) in [6.45, 7) is 15.6. The standard InChI is InChI=1S/C21H26O3.C20H24ClN3O/c1-2-3-4-5-6-10-15-24-18-13-14-19(20(22)16-18)21(23)17-11-8-7-9-12-17;1-19(2,3)12-9-14(20(4,5)6)18(25)17(10-12)24-22-15-8-7-13(21)11-16(15)23-24/h7-9,11-14,16,22H,2-6,10,15H2,1H3;7-11,25H,1-6H3. The van der Waals surface area contributed by atoms with E-state index in [2.05, 4.69) is 64.7 Å². The van der Waals surface area contributed by atoms with Gasteiger partial charge in [0.25, 0.3) is 0 Å². The Morgan fingerprint density at radius 3 is 2.10 bits per heavy atom. The first-order valence-electron chi connectivity index (χ1n) is 17.2. The lowest BCUT2D eigenvalue weighted by Gasteiger charge is -2.27. The van der Waals surface area contributed by atoms with Gasteiger partial charge in [-0.3, -0.25) is 4.79 Å². The minimum Gasteiger partial charge on any atom is -0.507 e. The second kappa shape index (κ2) is 16.4. The Labute approximate surface area is 295 Å². The average Bonchev–Trinajstić information content (AvgIpc) is 3.47. The Morgan fingerprint density at radius 1 is 0.776 bits per heavy atom. The number of halogens is 1. The Hall–Kier alpha value is -4.36. The molecule has 0 saturated carbocycles. The molecule has 0 aliphatic carbocycles. The summed E-state index contributed by atoms with van der Waals surface area (Å²) in [6, 6.07) is 23.3. The molecule has 0 unspecified atom stereocenters. The Balaban J connectivity index is 0.000000221. The molecule has 1 heterocycles. The van der Waals surface area contributed by atoms with Gasteiger partial charge >= 0.3 is 0 Å². The number of ketones is 1. The highest BCUT2D eigenvalue weighted by Crippen LogP contribution is 2.39. The molecule has 1 aromatic heterocycles. The molecular weight excluding hydrogens is 634 g/mol. The third kappa shape index (κ3) is 10.1. The number of fused-ring (bicyclic) bond motifs is 1. The van der Waals surface area contributed by atoms with E-state index in [1.165, 1.54) is 36.5 Å². The number of phenols is 2. The van der Waals surface area contributed by atoms with Gasteiger partial charge in [0.05, 0.1) is 12.2 Å². The van der Waals surface area contributed by atoms with Crippen LogP contribution in [0.1, 0.15) is 114 Å². The third-order valence-electron chi connectivity index (χ3n) is 8.34. The van der Waals surface area contributed by atoms with E-state index in [0.29, 0.717) is 39.7 Å². The van der Waals surface area contributed by atoms with Gasteiger partial charge in [0.2, 0.25) is 0 Å². The summed E-state index contributed by atoms with van der Waals surface area (Å²) in [4.78, 5) is 13.9. The van der Waals surface area contributed by atoms with Gasteiger partial charge in [0.15, 0.2) is 5.78 Å². The monoisotopic (exact) mass is 683 g/mol. The molecule has 0 spiro atoms. The van der Waals surface area contributed by atoms with Crippen molar-refractivity contribution in [2.24, 2.45) is 0 Å². The molecule has 0 atom stereocenters. The molecule has 2 N–H and O–H groups in total. The predicted octanol–water partition coefficient (Wildman–Crippen LogP) is 10.7. The van der Waals surface area contributed by atoms with Crippen LogP contribution in [0.3, 0.4) is 0 Å². The first-order chi connectivity index (χ1) is 23.2. The lowest BCUT2D eigenvalue weighted by atomic mass is 9.80. The third-order valence-corrected chi connectivity index (χ3v) is 8.57. The van der Waals surface area contributed by atoms with E-state index in [0.717, 1.165) is 29.5 Å². The molecule has 0 aliphatic heterocycles. The summed E-state index contributed by atoms with van der Waals surface area (Å²) in [5.41, 5.74) is 4.65. The molecule has 0 amide bonds. The maximum absolute atomic E-state index is 12.4. The van der Waals surface area contributed by atoms with Gasteiger partial charge in [-0.15, -0.1) is 15.0 Å². The summed E-state index contributed by atoms with van der Waals surface area (Å²) in [6.07, 6.45) is 7.25. The number of aromatic hydroxyl groups is 2. The number of unbranched alkanes of at least 4 members (excludes halogenated alkanes) is 5. The highest BCUT2D eigenvalue weighted by Gasteiger charge is 2.26. The fourth-order valence-corrected chi connectivity index (χ4v) is 5.55. The maximum atomic E-state index is 12.4. The van der Waals surface area contributed by atoms with Crippen molar-refractivity contribution in [2.45, 2.75) is 97.8 Å². The second-order valence-electron chi connectivity index (χ2n) is 14.5. The lowest BCUT2D eigenvalue weighted by Crippen LogP contribution is -2.18. The van der Waals surface area contributed by atoms with Crippen molar-refractivity contribution in [3.05, 3.63) is 106 Å². The molecule has 5 rings (SSSR count). The summed E-state index contributed by atoms with van der Waals surface area (Å²) >= 11 is 6.05. The molecule has 49 heavy (non-hydrogen) atoms. The zero-order chi connectivity index (χ0) is 35.8. The van der Waals surface area contributed by atoms with Crippen molar-refractivity contribution in [3.63, 3.8) is 0 Å². The number of carbonyl (C=O) groups is 1. The normalized spacial score (nSPS) is 11.7. The Kier molecular flexibility index (Phi) is 12.5. The first kappa shape index (κ1) is 37.5. The molecule has 4 aromatic carbocycles. The van der Waals surface area contributed by atoms with Crippen LogP contribution in [0.2, 0.25) is 5.02 Å². The van der Waals surface area contributed by atoms with Crippen LogP contribution in [-0.2, 0) is 10.8 Å². The first-order valence-corrected chi connectivity index (χ1v) is 17.5. The van der Waals surface area contributed by atoms with Crippen molar-refractivity contribution in [2.75, 3.05) is 6.61 Å². The molecule has 0 radical (unpaired) electrons. The molecule has 0 aliphatic rings. The number of carbonyl (C=O) groups excluding carboxylic acids is 1. The Bertz CT molecular complexity index is 1850. The van der Waals surface area contributed by atoms with E-state index < -0.39 is 0 Å². The summed E-state index contributed by atoms with van der Waals surface area (Å²) in [7, 11) is 0. The van der Waals surface area contributed by atoms with Crippen LogP contribution in [0.15, 0.2) is 78.9 Å². The van der Waals surface area contributed by atoms with Crippen LogP contribution in [0.25, 0.3) is 16.7 Å². The lowest BCUT2D eigenvalue weighted by molar-refractivity contribution is 0.103. The van der Waals surface area contributed by atoms with Crippen LogP contribution in [0.5, 0.6) is 17.2 Å². The molecule has 5 aromatic rings. The number of hydrogen-bond donors (Lipinski definition) is 2. The van der Waals surface area contributed by atoms with E-state index in [1.807, 2.05) is 30.3 Å². The Morgan fingerprint density at radius 2 is 1.45 bits per heavy atom. The van der Waals surface area contributed by atoms with E-state index in [1.54, 1.807) is 36.4 Å². The van der Waals surface area contributed by atoms with Crippen molar-refractivity contribution in [3.8, 4) is 22.9 Å². The van der Waals surface area contributed by atoms with Gasteiger partial charge in [0, 0.05) is 22.2 Å². The van der Waals surface area contributed by atoms with Gasteiger partial charge in [-0.2, -0.15) is 0 Å². The van der Waals surface area contributed by atoms with Crippen molar-refractivity contribution in [1.82, 2.24) is 15.0 Å². The second-order valence-corrected chi connectivity index (χ2v) is 14.9. The fourth-order valence-electron chi connectivity index (χ4n) is 5.38. The maximum Gasteiger partial charge on any atom is 0.196 e. The highest BCUT2D eigenvalue weighted by molar-refractivity contribution is 6.31. The zero-order valence-electron chi connectivity index (χ0n) is 29.9. The number of rotatable bonds is 11. The van der Waals surface area contributed by atoms with Crippen molar-refractivity contribution in [1.29, 1.82) is 0 Å². The van der Waals surface area contributed by atoms with Crippen molar-refractivity contribution >= 4 is 28.4 Å². The smallest absolute Gasteiger partial charge is 0.196 e. The molecular formula is C41H50ClN3O4. The number of benzene rings is 4. The van der Waals surface area contributed by atoms with Crippen LogP contribution in [0.4, 0.5) is 0 Å². The number of hydrogen-bond acceptors (Lipinski definition) is 6. The summed E-state index contributed by atoms with van der Waals surface area (Å²) < 4.78 is 5.66. The predicted molar refractivity (Wildman–Crippen MR) is 200 cm³/mol.